The lowest BCUT2D eigenvalue weighted by atomic mass is 9.48. The second-order valence-electron chi connectivity index (χ2n) is 9.96. The highest BCUT2D eigenvalue weighted by molar-refractivity contribution is 5.77. The van der Waals surface area contributed by atoms with Gasteiger partial charge in [-0.2, -0.15) is 0 Å². The Hall–Kier alpha value is -3.12. The van der Waals surface area contributed by atoms with Crippen molar-refractivity contribution in [3.8, 4) is 0 Å². The van der Waals surface area contributed by atoms with Gasteiger partial charge >= 0.3 is 0 Å². The van der Waals surface area contributed by atoms with Gasteiger partial charge in [0.1, 0.15) is 0 Å². The fourth-order valence-corrected chi connectivity index (χ4v) is 8.75. The van der Waals surface area contributed by atoms with Crippen LogP contribution < -0.4 is 0 Å². The number of hydrogen-bond acceptors (Lipinski definition) is 0. The second-order valence-corrected chi connectivity index (χ2v) is 9.96. The third-order valence-electron chi connectivity index (χ3n) is 9.45. The van der Waals surface area contributed by atoms with Gasteiger partial charge in [0.05, 0.1) is 0 Å². The van der Waals surface area contributed by atoms with Crippen molar-refractivity contribution >= 4 is 0 Å². The predicted octanol–water partition coefficient (Wildman–Crippen LogP) is 7.62. The van der Waals surface area contributed by atoms with Crippen LogP contribution in [0.4, 0.5) is 0 Å². The molecule has 3 aliphatic rings. The van der Waals surface area contributed by atoms with Gasteiger partial charge in [0.15, 0.2) is 0 Å². The Morgan fingerprint density at radius 1 is 0.500 bits per heavy atom. The van der Waals surface area contributed by atoms with Crippen molar-refractivity contribution in [3.63, 3.8) is 0 Å². The molecule has 0 amide bonds. The largest absolute Gasteiger partial charge is 0.103 e. The van der Waals surface area contributed by atoms with Gasteiger partial charge in [-0.1, -0.05) is 97.9 Å². The molecule has 6 rings (SSSR count). The number of hydrogen-bond donors (Lipinski definition) is 0. The van der Waals surface area contributed by atoms with Crippen LogP contribution in [-0.4, -0.2) is 0 Å². The molecular formula is C32H30. The van der Waals surface area contributed by atoms with Crippen LogP contribution in [0.5, 0.6) is 0 Å². The number of rotatable bonds is 6. The minimum absolute atomic E-state index is 0.110. The molecule has 3 aliphatic carbocycles. The molecule has 0 aromatic heterocycles. The summed E-state index contributed by atoms with van der Waals surface area (Å²) in [4.78, 5) is 0. The monoisotopic (exact) mass is 414 g/mol. The van der Waals surface area contributed by atoms with Crippen LogP contribution in [0, 0.1) is 5.41 Å². The molecule has 0 N–H and O–H groups in total. The summed E-state index contributed by atoms with van der Waals surface area (Å²) < 4.78 is 0. The van der Waals surface area contributed by atoms with Crippen molar-refractivity contribution in [2.45, 2.75) is 42.4 Å². The van der Waals surface area contributed by atoms with E-state index in [4.69, 9.17) is 0 Å². The second kappa shape index (κ2) is 6.23. The average molecular weight is 415 g/mol. The minimum atomic E-state index is -0.146. The first-order valence-electron chi connectivity index (χ1n) is 11.7. The maximum atomic E-state index is 4.27. The molecule has 0 heteroatoms. The zero-order chi connectivity index (χ0) is 22.2. The van der Waals surface area contributed by atoms with Gasteiger partial charge in [0, 0.05) is 21.7 Å². The van der Waals surface area contributed by atoms with Gasteiger partial charge in [0.2, 0.25) is 0 Å². The van der Waals surface area contributed by atoms with Crippen molar-refractivity contribution in [3.05, 3.63) is 144 Å². The van der Waals surface area contributed by atoms with Crippen LogP contribution in [-0.2, 0) is 16.2 Å². The van der Waals surface area contributed by atoms with Gasteiger partial charge in [-0.3, -0.25) is 0 Å². The van der Waals surface area contributed by atoms with Crippen molar-refractivity contribution in [2.75, 3.05) is 0 Å². The summed E-state index contributed by atoms with van der Waals surface area (Å²) in [5, 5.41) is 0. The molecule has 0 fully saturated rings. The summed E-state index contributed by atoms with van der Waals surface area (Å²) in [6.45, 7) is 15.4. The van der Waals surface area contributed by atoms with Crippen LogP contribution >= 0.6 is 0 Å². The number of benzene rings is 3. The Morgan fingerprint density at radius 2 is 0.719 bits per heavy atom. The molecule has 0 bridgehead atoms. The van der Waals surface area contributed by atoms with E-state index in [1.807, 2.05) is 0 Å². The van der Waals surface area contributed by atoms with Crippen molar-refractivity contribution in [2.24, 2.45) is 5.41 Å². The first kappa shape index (κ1) is 19.6. The topological polar surface area (TPSA) is 0 Å². The third-order valence-corrected chi connectivity index (χ3v) is 9.45. The van der Waals surface area contributed by atoms with Crippen LogP contribution in [0.25, 0.3) is 0 Å². The fourth-order valence-electron chi connectivity index (χ4n) is 8.75. The quantitative estimate of drug-likeness (QED) is 0.364. The molecule has 0 radical (unpaired) electrons. The lowest BCUT2D eigenvalue weighted by molar-refractivity contribution is 0.0736. The van der Waals surface area contributed by atoms with Crippen LogP contribution in [0.1, 0.15) is 59.6 Å². The molecule has 0 unspecified atom stereocenters. The normalized spacial score (nSPS) is 32.5. The molecule has 3 aromatic carbocycles. The van der Waals surface area contributed by atoms with Crippen molar-refractivity contribution < 1.29 is 0 Å². The SMILES string of the molecule is C=CCC12c3ccccc3C3(CC=C)c4ccccc4C(CC=C)(c4ccccc41)C23C. The van der Waals surface area contributed by atoms with Crippen molar-refractivity contribution in [1.82, 2.24) is 0 Å². The smallest absolute Gasteiger partial charge is 0.0320 e. The van der Waals surface area contributed by atoms with Gasteiger partial charge in [-0.05, 0) is 52.6 Å². The molecule has 0 nitrogen and oxygen atoms in total. The summed E-state index contributed by atoms with van der Waals surface area (Å²) in [6, 6.07) is 27.6. The van der Waals surface area contributed by atoms with E-state index in [2.05, 4.69) is 118 Å². The molecule has 0 spiro atoms. The Labute approximate surface area is 192 Å². The Morgan fingerprint density at radius 3 is 0.906 bits per heavy atom. The highest BCUT2D eigenvalue weighted by Crippen LogP contribution is 2.84. The molecule has 0 saturated carbocycles. The average Bonchev–Trinajstić information content (AvgIpc) is 3.23. The van der Waals surface area contributed by atoms with Crippen LogP contribution in [0.2, 0.25) is 0 Å². The molecule has 0 atom stereocenters. The van der Waals surface area contributed by atoms with E-state index in [1.165, 1.54) is 33.4 Å². The molecule has 32 heavy (non-hydrogen) atoms. The standard InChI is InChI=1S/C32H30/c1-5-20-30-23-14-8-10-16-25(23)31(21-6-2)27-18-12-13-19-28(27)32(22-7-3,29(30,31)4)26-17-11-9-15-24(26)30/h5-19H,1-3,20-22H2,4H3. The summed E-state index contributed by atoms with van der Waals surface area (Å²) in [7, 11) is 0. The van der Waals surface area contributed by atoms with Crippen molar-refractivity contribution in [1.29, 1.82) is 0 Å². The fraction of sp³-hybridized carbons (Fsp3) is 0.250. The number of fused-ring (bicyclic) bond motifs is 9. The molecule has 0 aliphatic heterocycles. The lowest BCUT2D eigenvalue weighted by Crippen LogP contribution is -2.54. The Bertz CT molecular complexity index is 1060. The molecule has 158 valence electrons. The number of allylic oxidation sites excluding steroid dienone is 3. The first-order chi connectivity index (χ1) is 15.6. The van der Waals surface area contributed by atoms with E-state index in [-0.39, 0.29) is 21.7 Å². The Kier molecular flexibility index (Phi) is 3.81. The van der Waals surface area contributed by atoms with E-state index >= 15 is 0 Å². The minimum Gasteiger partial charge on any atom is -0.103 e. The summed E-state index contributed by atoms with van der Waals surface area (Å²) in [5.41, 5.74) is 8.27. The molecule has 0 saturated heterocycles. The molecular weight excluding hydrogens is 384 g/mol. The van der Waals surface area contributed by atoms with Crippen LogP contribution in [0.15, 0.2) is 111 Å². The van der Waals surface area contributed by atoms with Gasteiger partial charge < -0.3 is 0 Å². The van der Waals surface area contributed by atoms with E-state index < -0.39 is 0 Å². The zero-order valence-electron chi connectivity index (χ0n) is 18.9. The molecule has 0 heterocycles. The van der Waals surface area contributed by atoms with E-state index in [9.17, 15) is 0 Å². The lowest BCUT2D eigenvalue weighted by Gasteiger charge is -2.52. The van der Waals surface area contributed by atoms with E-state index in [1.54, 1.807) is 0 Å². The van der Waals surface area contributed by atoms with Gasteiger partial charge in [-0.25, -0.2) is 0 Å². The summed E-state index contributed by atoms with van der Waals surface area (Å²) in [5.74, 6) is 0. The molecule has 3 aromatic rings. The van der Waals surface area contributed by atoms with Gasteiger partial charge in [-0.15, -0.1) is 19.7 Å². The van der Waals surface area contributed by atoms with Gasteiger partial charge in [0.25, 0.3) is 0 Å². The maximum Gasteiger partial charge on any atom is 0.0320 e. The van der Waals surface area contributed by atoms with E-state index in [0.29, 0.717) is 0 Å². The Balaban J connectivity index is 1.94. The van der Waals surface area contributed by atoms with E-state index in [0.717, 1.165) is 19.3 Å². The zero-order valence-corrected chi connectivity index (χ0v) is 18.9. The summed E-state index contributed by atoms with van der Waals surface area (Å²) >= 11 is 0. The highest BCUT2D eigenvalue weighted by Gasteiger charge is 2.82. The highest BCUT2D eigenvalue weighted by atomic mass is 14.8. The first-order valence-corrected chi connectivity index (χ1v) is 11.7. The third kappa shape index (κ3) is 1.64. The van der Waals surface area contributed by atoms with Crippen LogP contribution in [0.3, 0.4) is 0 Å². The maximum absolute atomic E-state index is 4.27. The predicted molar refractivity (Wildman–Crippen MR) is 134 cm³/mol. The summed E-state index contributed by atoms with van der Waals surface area (Å²) in [6.07, 6.45) is 9.21.